The van der Waals surface area contributed by atoms with Gasteiger partial charge in [-0.1, -0.05) is 18.5 Å². The van der Waals surface area contributed by atoms with E-state index < -0.39 is 0 Å². The summed E-state index contributed by atoms with van der Waals surface area (Å²) in [6, 6.07) is 3.62. The van der Waals surface area contributed by atoms with Crippen LogP contribution in [0, 0.1) is 5.41 Å². The van der Waals surface area contributed by atoms with E-state index >= 15 is 0 Å². The summed E-state index contributed by atoms with van der Waals surface area (Å²) in [6.07, 6.45) is 2.47. The molecule has 0 aliphatic carbocycles. The molecule has 0 bridgehead atoms. The molecule has 0 atom stereocenters. The van der Waals surface area contributed by atoms with Crippen LogP contribution in [-0.2, 0) is 11.2 Å². The van der Waals surface area contributed by atoms with Crippen LogP contribution in [-0.4, -0.2) is 38.8 Å². The Labute approximate surface area is 153 Å². The first kappa shape index (κ1) is 19.2. The average molecular weight is 375 g/mol. The maximum absolute atomic E-state index is 12.2. The quantitative estimate of drug-likeness (QED) is 0.850. The summed E-state index contributed by atoms with van der Waals surface area (Å²) in [5.74, 6) is 1.21. The van der Waals surface area contributed by atoms with Crippen LogP contribution in [0.4, 0.5) is 0 Å². The Morgan fingerprint density at radius 2 is 2.00 bits per heavy atom. The van der Waals surface area contributed by atoms with E-state index in [-0.39, 0.29) is 23.7 Å². The smallest absolute Gasteiger partial charge is 0.224 e. The van der Waals surface area contributed by atoms with Crippen molar-refractivity contribution in [2.75, 3.05) is 32.8 Å². The van der Waals surface area contributed by atoms with Crippen molar-refractivity contribution in [2.24, 2.45) is 5.41 Å². The van der Waals surface area contributed by atoms with E-state index in [0.29, 0.717) is 42.7 Å². The maximum Gasteiger partial charge on any atom is 0.224 e. The highest BCUT2D eigenvalue weighted by atomic mass is 35.5. The molecule has 0 radical (unpaired) electrons. The number of carbonyl (C=O) groups excluding carboxylic acids is 1. The largest absolute Gasteiger partial charge is 0.486 e. The lowest BCUT2D eigenvalue weighted by molar-refractivity contribution is -0.121. The molecule has 5 nitrogen and oxygen atoms in total. The summed E-state index contributed by atoms with van der Waals surface area (Å²) < 4.78 is 11.0. The number of benzene rings is 1. The molecule has 2 heterocycles. The van der Waals surface area contributed by atoms with Crippen LogP contribution in [0.15, 0.2) is 12.1 Å². The van der Waals surface area contributed by atoms with Gasteiger partial charge in [0.25, 0.3) is 0 Å². The molecule has 0 saturated carbocycles. The third-order valence-corrected chi connectivity index (χ3v) is 4.83. The first-order valence-corrected chi connectivity index (χ1v) is 8.49. The first-order chi connectivity index (χ1) is 11.1. The van der Waals surface area contributed by atoms with Gasteiger partial charge < -0.3 is 20.1 Å². The maximum atomic E-state index is 12.2. The molecule has 2 N–H and O–H groups in total. The second-order valence-corrected chi connectivity index (χ2v) is 7.02. The van der Waals surface area contributed by atoms with E-state index in [2.05, 4.69) is 17.6 Å². The van der Waals surface area contributed by atoms with E-state index in [0.717, 1.165) is 31.5 Å². The van der Waals surface area contributed by atoms with Crippen molar-refractivity contribution in [2.45, 2.75) is 26.2 Å². The SMILES string of the molecule is CC1(CNC(=O)Cc2cc(Cl)c3c(c2)OCCO3)CCNCC1.Cl. The summed E-state index contributed by atoms with van der Waals surface area (Å²) in [5.41, 5.74) is 1.03. The number of hydrogen-bond acceptors (Lipinski definition) is 4. The summed E-state index contributed by atoms with van der Waals surface area (Å²) >= 11 is 6.21. The summed E-state index contributed by atoms with van der Waals surface area (Å²) in [7, 11) is 0. The Morgan fingerprint density at radius 3 is 2.75 bits per heavy atom. The van der Waals surface area contributed by atoms with Gasteiger partial charge in [0, 0.05) is 6.54 Å². The number of nitrogens with one attached hydrogen (secondary N) is 2. The zero-order valence-electron chi connectivity index (χ0n) is 13.8. The number of hydrogen-bond donors (Lipinski definition) is 2. The lowest BCUT2D eigenvalue weighted by atomic mass is 9.81. The minimum atomic E-state index is 0. The van der Waals surface area contributed by atoms with Gasteiger partial charge in [-0.05, 0) is 49.0 Å². The molecule has 1 aromatic rings. The third-order valence-electron chi connectivity index (χ3n) is 4.54. The minimum Gasteiger partial charge on any atom is -0.486 e. The molecular formula is C17H24Cl2N2O3. The number of amides is 1. The Balaban J connectivity index is 0.00000208. The predicted molar refractivity (Wildman–Crippen MR) is 96.6 cm³/mol. The number of piperidine rings is 1. The number of carbonyl (C=O) groups is 1. The first-order valence-electron chi connectivity index (χ1n) is 8.11. The molecule has 0 unspecified atom stereocenters. The molecule has 2 aliphatic heterocycles. The Hall–Kier alpha value is -1.17. The topological polar surface area (TPSA) is 59.6 Å². The Morgan fingerprint density at radius 1 is 1.29 bits per heavy atom. The molecule has 1 amide bonds. The summed E-state index contributed by atoms with van der Waals surface area (Å²) in [4.78, 5) is 12.2. The standard InChI is InChI=1S/C17H23ClN2O3.ClH/c1-17(2-4-19-5-3-17)11-20-15(21)10-12-8-13(18)16-14(9-12)22-6-7-23-16;/h8-9,19H,2-7,10-11H2,1H3,(H,20,21);1H. The fourth-order valence-corrected chi connectivity index (χ4v) is 3.32. The second kappa shape index (κ2) is 8.28. The van der Waals surface area contributed by atoms with E-state index in [1.807, 2.05) is 6.07 Å². The molecule has 3 rings (SSSR count). The number of ether oxygens (including phenoxy) is 2. The van der Waals surface area contributed by atoms with Crippen LogP contribution in [0.1, 0.15) is 25.3 Å². The van der Waals surface area contributed by atoms with E-state index in [1.54, 1.807) is 6.07 Å². The van der Waals surface area contributed by atoms with Gasteiger partial charge in [0.15, 0.2) is 11.5 Å². The van der Waals surface area contributed by atoms with Crippen molar-refractivity contribution in [3.8, 4) is 11.5 Å². The molecule has 0 aromatic heterocycles. The molecule has 7 heteroatoms. The van der Waals surface area contributed by atoms with Crippen molar-refractivity contribution >= 4 is 29.9 Å². The zero-order chi connectivity index (χ0) is 16.3. The normalized spacial score (nSPS) is 18.4. The highest BCUT2D eigenvalue weighted by molar-refractivity contribution is 6.32. The Bertz CT molecular complexity index is 589. The van der Waals surface area contributed by atoms with Gasteiger partial charge in [-0.15, -0.1) is 12.4 Å². The fourth-order valence-electron chi connectivity index (χ4n) is 3.03. The number of rotatable bonds is 4. The molecule has 24 heavy (non-hydrogen) atoms. The van der Waals surface area contributed by atoms with Gasteiger partial charge in [0.2, 0.25) is 5.91 Å². The highest BCUT2D eigenvalue weighted by Crippen LogP contribution is 2.38. The van der Waals surface area contributed by atoms with E-state index in [4.69, 9.17) is 21.1 Å². The van der Waals surface area contributed by atoms with Crippen LogP contribution in [0.25, 0.3) is 0 Å². The molecule has 1 saturated heterocycles. The van der Waals surface area contributed by atoms with Crippen LogP contribution in [0.3, 0.4) is 0 Å². The lowest BCUT2D eigenvalue weighted by Gasteiger charge is -2.34. The van der Waals surface area contributed by atoms with Gasteiger partial charge in [-0.2, -0.15) is 0 Å². The summed E-state index contributed by atoms with van der Waals surface area (Å²) in [5, 5.41) is 6.90. The zero-order valence-corrected chi connectivity index (χ0v) is 15.4. The Kier molecular flexibility index (Phi) is 6.61. The van der Waals surface area contributed by atoms with Crippen LogP contribution >= 0.6 is 24.0 Å². The fraction of sp³-hybridized carbons (Fsp3) is 0.588. The summed E-state index contributed by atoms with van der Waals surface area (Å²) in [6.45, 7) is 5.99. The van der Waals surface area contributed by atoms with Gasteiger partial charge in [0.1, 0.15) is 13.2 Å². The third kappa shape index (κ3) is 4.68. The van der Waals surface area contributed by atoms with Gasteiger partial charge in [-0.25, -0.2) is 0 Å². The second-order valence-electron chi connectivity index (χ2n) is 6.62. The van der Waals surface area contributed by atoms with Crippen molar-refractivity contribution in [1.29, 1.82) is 0 Å². The van der Waals surface area contributed by atoms with Gasteiger partial charge in [0.05, 0.1) is 11.4 Å². The molecule has 2 aliphatic rings. The predicted octanol–water partition coefficient (Wildman–Crippen LogP) is 2.58. The molecule has 134 valence electrons. The van der Waals surface area contributed by atoms with Crippen molar-refractivity contribution in [3.63, 3.8) is 0 Å². The van der Waals surface area contributed by atoms with Crippen LogP contribution in [0.2, 0.25) is 5.02 Å². The van der Waals surface area contributed by atoms with Crippen LogP contribution in [0.5, 0.6) is 11.5 Å². The molecule has 1 fully saturated rings. The van der Waals surface area contributed by atoms with Crippen molar-refractivity contribution in [3.05, 3.63) is 22.7 Å². The minimum absolute atomic E-state index is 0. The highest BCUT2D eigenvalue weighted by Gasteiger charge is 2.27. The van der Waals surface area contributed by atoms with Crippen molar-refractivity contribution < 1.29 is 14.3 Å². The molecule has 1 aromatic carbocycles. The monoisotopic (exact) mass is 374 g/mol. The van der Waals surface area contributed by atoms with Gasteiger partial charge >= 0.3 is 0 Å². The molecule has 0 spiro atoms. The van der Waals surface area contributed by atoms with Gasteiger partial charge in [-0.3, -0.25) is 4.79 Å². The number of fused-ring (bicyclic) bond motifs is 1. The molecular weight excluding hydrogens is 351 g/mol. The van der Waals surface area contributed by atoms with Crippen molar-refractivity contribution in [1.82, 2.24) is 10.6 Å². The van der Waals surface area contributed by atoms with E-state index in [1.165, 1.54) is 0 Å². The van der Waals surface area contributed by atoms with E-state index in [9.17, 15) is 4.79 Å². The lowest BCUT2D eigenvalue weighted by Crippen LogP contribution is -2.43. The average Bonchev–Trinajstić information content (AvgIpc) is 2.54. The van der Waals surface area contributed by atoms with Crippen LogP contribution < -0.4 is 20.1 Å². The number of halogens is 2.